The SMILES string of the molecule is Cc1c(S(=O)(=O)c2cc(C(F)(F)F)cc(C(F)(F)F)c2)cc(C(C)(C)C)c(O)c1C(=O)O. The highest BCUT2D eigenvalue weighted by atomic mass is 32.2. The third-order valence-electron chi connectivity index (χ3n) is 4.69. The molecule has 0 radical (unpaired) electrons. The predicted molar refractivity (Wildman–Crippen MR) is 100 cm³/mol. The number of hydrogen-bond donors (Lipinski definition) is 2. The van der Waals surface area contributed by atoms with Gasteiger partial charge < -0.3 is 10.2 Å². The van der Waals surface area contributed by atoms with Crippen molar-refractivity contribution in [3.8, 4) is 5.75 Å². The highest BCUT2D eigenvalue weighted by molar-refractivity contribution is 7.91. The second-order valence-electron chi connectivity index (χ2n) is 8.07. The van der Waals surface area contributed by atoms with Gasteiger partial charge in [0.15, 0.2) is 0 Å². The molecular weight excluding hydrogens is 466 g/mol. The summed E-state index contributed by atoms with van der Waals surface area (Å²) in [5, 5.41) is 19.8. The van der Waals surface area contributed by atoms with Gasteiger partial charge in [-0.25, -0.2) is 13.2 Å². The fraction of sp³-hybridized carbons (Fsp3) is 0.350. The van der Waals surface area contributed by atoms with E-state index in [2.05, 4.69) is 0 Å². The lowest BCUT2D eigenvalue weighted by atomic mass is 9.84. The molecule has 0 bridgehead atoms. The maximum atomic E-state index is 13.2. The number of aromatic hydroxyl groups is 1. The van der Waals surface area contributed by atoms with Crippen LogP contribution in [0, 0.1) is 6.92 Å². The van der Waals surface area contributed by atoms with Crippen LogP contribution in [0.2, 0.25) is 0 Å². The molecule has 0 aromatic heterocycles. The standard InChI is InChI=1S/C20H18F6O5S/c1-9-14(8-13(18(2,3)4)16(27)15(9)17(28)29)32(30,31)12-6-10(19(21,22)23)5-11(7-12)20(24,25)26/h5-8,27H,1-4H3,(H,28,29). The molecule has 176 valence electrons. The Hall–Kier alpha value is -2.76. The van der Waals surface area contributed by atoms with E-state index in [-0.39, 0.29) is 23.8 Å². The second-order valence-corrected chi connectivity index (χ2v) is 9.99. The van der Waals surface area contributed by atoms with Crippen LogP contribution in [0.1, 0.15) is 53.4 Å². The van der Waals surface area contributed by atoms with Crippen molar-refractivity contribution < 1.29 is 49.8 Å². The number of sulfone groups is 1. The van der Waals surface area contributed by atoms with Gasteiger partial charge in [-0.15, -0.1) is 0 Å². The summed E-state index contributed by atoms with van der Waals surface area (Å²) < 4.78 is 105. The van der Waals surface area contributed by atoms with Gasteiger partial charge in [-0.1, -0.05) is 20.8 Å². The van der Waals surface area contributed by atoms with E-state index in [1.807, 2.05) is 0 Å². The zero-order valence-electron chi connectivity index (χ0n) is 17.1. The van der Waals surface area contributed by atoms with E-state index < -0.39 is 71.4 Å². The Morgan fingerprint density at radius 1 is 0.875 bits per heavy atom. The monoisotopic (exact) mass is 484 g/mol. The summed E-state index contributed by atoms with van der Waals surface area (Å²) in [6, 6.07) is 0.744. The summed E-state index contributed by atoms with van der Waals surface area (Å²) in [6.07, 6.45) is -10.6. The Labute approximate surface area is 179 Å². The molecule has 2 aromatic carbocycles. The average Bonchev–Trinajstić information content (AvgIpc) is 2.58. The number of halogens is 6. The van der Waals surface area contributed by atoms with Gasteiger partial charge in [-0.3, -0.25) is 0 Å². The smallest absolute Gasteiger partial charge is 0.416 e. The summed E-state index contributed by atoms with van der Waals surface area (Å²) in [5.41, 5.74) is -6.21. The van der Waals surface area contributed by atoms with Crippen molar-refractivity contribution >= 4 is 15.8 Å². The molecule has 0 atom stereocenters. The number of alkyl halides is 6. The molecular formula is C20H18F6O5S. The van der Waals surface area contributed by atoms with Gasteiger partial charge in [0, 0.05) is 5.56 Å². The number of phenols is 1. The van der Waals surface area contributed by atoms with Gasteiger partial charge >= 0.3 is 18.3 Å². The number of benzene rings is 2. The molecule has 0 aliphatic rings. The van der Waals surface area contributed by atoms with Crippen LogP contribution in [0.5, 0.6) is 5.75 Å². The number of carboxylic acid groups (broad SMARTS) is 1. The van der Waals surface area contributed by atoms with Crippen molar-refractivity contribution in [3.05, 3.63) is 52.1 Å². The van der Waals surface area contributed by atoms with Crippen LogP contribution in [-0.2, 0) is 27.6 Å². The maximum Gasteiger partial charge on any atom is 0.416 e. The van der Waals surface area contributed by atoms with Crippen LogP contribution in [-0.4, -0.2) is 24.6 Å². The van der Waals surface area contributed by atoms with Crippen molar-refractivity contribution in [2.24, 2.45) is 0 Å². The topological polar surface area (TPSA) is 91.7 Å². The number of carboxylic acids is 1. The molecule has 0 spiro atoms. The van der Waals surface area contributed by atoms with E-state index in [1.165, 1.54) is 20.8 Å². The van der Waals surface area contributed by atoms with Gasteiger partial charge in [-0.05, 0) is 42.2 Å². The van der Waals surface area contributed by atoms with Gasteiger partial charge in [0.2, 0.25) is 9.84 Å². The molecule has 0 saturated carbocycles. The van der Waals surface area contributed by atoms with E-state index in [9.17, 15) is 49.8 Å². The highest BCUT2D eigenvalue weighted by Crippen LogP contribution is 2.42. The summed E-state index contributed by atoms with van der Waals surface area (Å²) in [5.74, 6) is -2.47. The summed E-state index contributed by atoms with van der Waals surface area (Å²) >= 11 is 0. The van der Waals surface area contributed by atoms with E-state index in [1.54, 1.807) is 0 Å². The highest BCUT2D eigenvalue weighted by Gasteiger charge is 2.39. The van der Waals surface area contributed by atoms with Crippen molar-refractivity contribution in [2.45, 2.75) is 55.3 Å². The molecule has 5 nitrogen and oxygen atoms in total. The average molecular weight is 484 g/mol. The van der Waals surface area contributed by atoms with Gasteiger partial charge in [-0.2, -0.15) is 26.3 Å². The minimum atomic E-state index is -5.28. The number of aromatic carboxylic acids is 1. The van der Waals surface area contributed by atoms with E-state index in [0.29, 0.717) is 0 Å². The molecule has 0 amide bonds. The van der Waals surface area contributed by atoms with Crippen LogP contribution in [0.15, 0.2) is 34.1 Å². The van der Waals surface area contributed by atoms with Crippen molar-refractivity contribution in [1.82, 2.24) is 0 Å². The summed E-state index contributed by atoms with van der Waals surface area (Å²) in [7, 11) is -5.07. The lowest BCUT2D eigenvalue weighted by molar-refractivity contribution is -0.143. The number of hydrogen-bond acceptors (Lipinski definition) is 4. The Morgan fingerprint density at radius 2 is 1.31 bits per heavy atom. The summed E-state index contributed by atoms with van der Waals surface area (Å²) in [4.78, 5) is 9.51. The Balaban J connectivity index is 2.99. The second kappa shape index (κ2) is 7.68. The van der Waals surface area contributed by atoms with Crippen LogP contribution in [0.3, 0.4) is 0 Å². The van der Waals surface area contributed by atoms with Crippen LogP contribution >= 0.6 is 0 Å². The minimum Gasteiger partial charge on any atom is -0.507 e. The number of carbonyl (C=O) groups is 1. The van der Waals surface area contributed by atoms with Crippen molar-refractivity contribution in [2.75, 3.05) is 0 Å². The van der Waals surface area contributed by atoms with Crippen LogP contribution in [0.25, 0.3) is 0 Å². The first kappa shape index (κ1) is 25.5. The lowest BCUT2D eigenvalue weighted by Crippen LogP contribution is -2.18. The largest absolute Gasteiger partial charge is 0.507 e. The van der Waals surface area contributed by atoms with E-state index >= 15 is 0 Å². The number of rotatable bonds is 3. The molecule has 2 N–H and O–H groups in total. The molecule has 0 aliphatic carbocycles. The third kappa shape index (κ3) is 4.69. The molecule has 0 aliphatic heterocycles. The maximum absolute atomic E-state index is 13.2. The zero-order valence-corrected chi connectivity index (χ0v) is 17.9. The molecule has 12 heteroatoms. The van der Waals surface area contributed by atoms with Crippen molar-refractivity contribution in [1.29, 1.82) is 0 Å². The Bertz CT molecular complexity index is 1160. The van der Waals surface area contributed by atoms with Crippen molar-refractivity contribution in [3.63, 3.8) is 0 Å². The van der Waals surface area contributed by atoms with E-state index in [0.717, 1.165) is 13.0 Å². The fourth-order valence-electron chi connectivity index (χ4n) is 3.06. The zero-order chi connectivity index (χ0) is 25.0. The first-order valence-electron chi connectivity index (χ1n) is 8.84. The minimum absolute atomic E-state index is 0.0497. The van der Waals surface area contributed by atoms with Crippen LogP contribution < -0.4 is 0 Å². The lowest BCUT2D eigenvalue weighted by Gasteiger charge is -2.24. The third-order valence-corrected chi connectivity index (χ3v) is 6.55. The first-order chi connectivity index (χ1) is 14.2. The summed E-state index contributed by atoms with van der Waals surface area (Å²) in [6.45, 7) is 5.50. The quantitative estimate of drug-likeness (QED) is 0.556. The molecule has 2 aromatic rings. The first-order valence-corrected chi connectivity index (χ1v) is 10.3. The predicted octanol–water partition coefficient (Wildman–Crippen LogP) is 5.57. The fourth-order valence-corrected chi connectivity index (χ4v) is 4.66. The Kier molecular flexibility index (Phi) is 6.12. The molecule has 0 heterocycles. The van der Waals surface area contributed by atoms with E-state index in [4.69, 9.17) is 0 Å². The normalized spacial score (nSPS) is 13.3. The van der Waals surface area contributed by atoms with Crippen LogP contribution in [0.4, 0.5) is 26.3 Å². The van der Waals surface area contributed by atoms with Gasteiger partial charge in [0.25, 0.3) is 0 Å². The molecule has 0 saturated heterocycles. The molecule has 0 unspecified atom stereocenters. The van der Waals surface area contributed by atoms with Gasteiger partial charge in [0.1, 0.15) is 11.3 Å². The molecule has 0 fully saturated rings. The molecule has 2 rings (SSSR count). The molecule has 32 heavy (non-hydrogen) atoms. The Morgan fingerprint density at radius 3 is 1.66 bits per heavy atom. The van der Waals surface area contributed by atoms with Gasteiger partial charge in [0.05, 0.1) is 20.9 Å².